The highest BCUT2D eigenvalue weighted by Gasteiger charge is 2.21. The molecule has 0 aliphatic rings. The van der Waals surface area contributed by atoms with E-state index in [-0.39, 0.29) is 22.6 Å². The Bertz CT molecular complexity index is 1180. The minimum atomic E-state index is -1.11. The molecule has 0 bridgehead atoms. The molecule has 4 aromatic rings. The first-order valence-electron chi connectivity index (χ1n) is 9.10. The maximum absolute atomic E-state index is 11.9. The van der Waals surface area contributed by atoms with E-state index in [2.05, 4.69) is 0 Å². The van der Waals surface area contributed by atoms with Crippen LogP contribution in [-0.4, -0.2) is 21.3 Å². The van der Waals surface area contributed by atoms with E-state index in [9.17, 15) is 20.1 Å². The first-order chi connectivity index (χ1) is 14.1. The molecule has 3 N–H and O–H groups in total. The first-order valence-corrected chi connectivity index (χ1v) is 9.10. The average molecular weight is 382 g/mol. The van der Waals surface area contributed by atoms with Crippen LogP contribution in [0.5, 0.6) is 11.5 Å². The van der Waals surface area contributed by atoms with E-state index >= 15 is 0 Å². The second kappa shape index (κ2) is 7.52. The highest BCUT2D eigenvalue weighted by atomic mass is 16.4. The van der Waals surface area contributed by atoms with Gasteiger partial charge < -0.3 is 15.3 Å². The van der Waals surface area contributed by atoms with Gasteiger partial charge in [0.2, 0.25) is 0 Å². The predicted octanol–water partition coefficient (Wildman–Crippen LogP) is 5.80. The number of hydrogen-bond donors (Lipinski definition) is 3. The van der Waals surface area contributed by atoms with Gasteiger partial charge in [0.05, 0.1) is 5.56 Å². The molecule has 4 heteroatoms. The SMILES string of the molecule is O=C(O)c1ccc(-c2ccccc2)cc1-c1c(-c2ccccc2)ccc(O)c1O. The summed E-state index contributed by atoms with van der Waals surface area (Å²) in [5.74, 6) is -1.76. The number of phenolic OH excluding ortho intramolecular Hbond substituents is 2. The van der Waals surface area contributed by atoms with Crippen LogP contribution < -0.4 is 0 Å². The largest absolute Gasteiger partial charge is 0.504 e. The molecule has 0 amide bonds. The third kappa shape index (κ3) is 3.44. The smallest absolute Gasteiger partial charge is 0.336 e. The van der Waals surface area contributed by atoms with Gasteiger partial charge in [0.15, 0.2) is 11.5 Å². The van der Waals surface area contributed by atoms with Crippen molar-refractivity contribution in [2.24, 2.45) is 0 Å². The fourth-order valence-corrected chi connectivity index (χ4v) is 3.46. The van der Waals surface area contributed by atoms with Gasteiger partial charge in [-0.3, -0.25) is 0 Å². The monoisotopic (exact) mass is 382 g/mol. The Morgan fingerprint density at radius 3 is 1.86 bits per heavy atom. The van der Waals surface area contributed by atoms with Gasteiger partial charge in [-0.25, -0.2) is 4.79 Å². The van der Waals surface area contributed by atoms with E-state index in [0.29, 0.717) is 11.1 Å². The van der Waals surface area contributed by atoms with Crippen molar-refractivity contribution in [3.8, 4) is 44.9 Å². The van der Waals surface area contributed by atoms with Gasteiger partial charge in [-0.05, 0) is 46.5 Å². The first kappa shape index (κ1) is 18.3. The van der Waals surface area contributed by atoms with Crippen LogP contribution in [0.2, 0.25) is 0 Å². The zero-order valence-electron chi connectivity index (χ0n) is 15.4. The highest BCUT2D eigenvalue weighted by Crippen LogP contribution is 2.45. The van der Waals surface area contributed by atoms with Crippen LogP contribution in [0.3, 0.4) is 0 Å². The lowest BCUT2D eigenvalue weighted by Gasteiger charge is -2.16. The van der Waals surface area contributed by atoms with Gasteiger partial charge in [-0.2, -0.15) is 0 Å². The molecule has 0 aromatic heterocycles. The number of hydrogen-bond acceptors (Lipinski definition) is 3. The second-order valence-corrected chi connectivity index (χ2v) is 6.65. The Morgan fingerprint density at radius 2 is 1.24 bits per heavy atom. The van der Waals surface area contributed by atoms with E-state index in [1.165, 1.54) is 12.1 Å². The van der Waals surface area contributed by atoms with Crippen molar-refractivity contribution in [2.45, 2.75) is 0 Å². The van der Waals surface area contributed by atoms with Crippen LogP contribution in [0, 0.1) is 0 Å². The maximum atomic E-state index is 11.9. The van der Waals surface area contributed by atoms with Crippen LogP contribution in [0.15, 0.2) is 91.0 Å². The van der Waals surface area contributed by atoms with Crippen molar-refractivity contribution in [1.29, 1.82) is 0 Å². The van der Waals surface area contributed by atoms with Crippen molar-refractivity contribution in [3.05, 3.63) is 96.6 Å². The molecule has 4 nitrogen and oxygen atoms in total. The van der Waals surface area contributed by atoms with Crippen LogP contribution in [0.4, 0.5) is 0 Å². The molecule has 0 radical (unpaired) electrons. The van der Waals surface area contributed by atoms with Crippen LogP contribution in [-0.2, 0) is 0 Å². The standard InChI is InChI=1S/C25H18O4/c26-22-14-13-19(17-9-5-2-6-10-17)23(24(22)27)21-15-18(11-12-20(21)25(28)29)16-7-3-1-4-8-16/h1-15,26-27H,(H,28,29). The number of aromatic hydroxyl groups is 2. The molecule has 29 heavy (non-hydrogen) atoms. The van der Waals surface area contributed by atoms with Gasteiger partial charge in [-0.1, -0.05) is 66.7 Å². The van der Waals surface area contributed by atoms with Crippen LogP contribution >= 0.6 is 0 Å². The Labute approximate surface area is 168 Å². The molecule has 0 fully saturated rings. The number of carboxylic acid groups (broad SMARTS) is 1. The molecule has 0 saturated heterocycles. The van der Waals surface area contributed by atoms with Crippen LogP contribution in [0.25, 0.3) is 33.4 Å². The van der Waals surface area contributed by atoms with E-state index < -0.39 is 5.97 Å². The highest BCUT2D eigenvalue weighted by molar-refractivity contribution is 6.02. The molecule has 142 valence electrons. The summed E-state index contributed by atoms with van der Waals surface area (Å²) in [6, 6.07) is 27.0. The number of phenols is 2. The van der Waals surface area contributed by atoms with Crippen molar-refractivity contribution in [2.75, 3.05) is 0 Å². The molecule has 0 aliphatic heterocycles. The predicted molar refractivity (Wildman–Crippen MR) is 113 cm³/mol. The summed E-state index contributed by atoms with van der Waals surface area (Å²) in [7, 11) is 0. The normalized spacial score (nSPS) is 10.6. The maximum Gasteiger partial charge on any atom is 0.336 e. The molecule has 0 spiro atoms. The van der Waals surface area contributed by atoms with E-state index in [0.717, 1.165) is 16.7 Å². The summed E-state index contributed by atoms with van der Waals surface area (Å²) in [6.45, 7) is 0. The van der Waals surface area contributed by atoms with Gasteiger partial charge >= 0.3 is 5.97 Å². The van der Waals surface area contributed by atoms with Gasteiger partial charge in [0.25, 0.3) is 0 Å². The number of rotatable bonds is 4. The zero-order valence-corrected chi connectivity index (χ0v) is 15.4. The van der Waals surface area contributed by atoms with Gasteiger partial charge in [0.1, 0.15) is 0 Å². The molecule has 4 aromatic carbocycles. The molecule has 0 saturated carbocycles. The van der Waals surface area contributed by atoms with Crippen molar-refractivity contribution < 1.29 is 20.1 Å². The minimum absolute atomic E-state index is 0.0442. The molecule has 4 rings (SSSR count). The summed E-state index contributed by atoms with van der Waals surface area (Å²) in [4.78, 5) is 11.9. The zero-order chi connectivity index (χ0) is 20.4. The van der Waals surface area contributed by atoms with E-state index in [1.807, 2.05) is 60.7 Å². The third-order valence-electron chi connectivity index (χ3n) is 4.87. The molecular weight excluding hydrogens is 364 g/mol. The Morgan fingerprint density at radius 1 is 0.621 bits per heavy atom. The summed E-state index contributed by atoms with van der Waals surface area (Å²) in [5.41, 5.74) is 3.84. The van der Waals surface area contributed by atoms with Gasteiger partial charge in [-0.15, -0.1) is 0 Å². The summed E-state index contributed by atoms with van der Waals surface area (Å²) >= 11 is 0. The summed E-state index contributed by atoms with van der Waals surface area (Å²) < 4.78 is 0. The van der Waals surface area contributed by atoms with Gasteiger partial charge in [0, 0.05) is 11.1 Å². The second-order valence-electron chi connectivity index (χ2n) is 6.65. The van der Waals surface area contributed by atoms with E-state index in [4.69, 9.17) is 0 Å². The lowest BCUT2D eigenvalue weighted by atomic mass is 9.88. The molecule has 0 heterocycles. The van der Waals surface area contributed by atoms with Crippen molar-refractivity contribution in [1.82, 2.24) is 0 Å². The molecule has 0 atom stereocenters. The fraction of sp³-hybridized carbons (Fsp3) is 0. The molecule has 0 aliphatic carbocycles. The van der Waals surface area contributed by atoms with E-state index in [1.54, 1.807) is 18.2 Å². The Balaban J connectivity index is 2.04. The lowest BCUT2D eigenvalue weighted by Crippen LogP contribution is -2.01. The minimum Gasteiger partial charge on any atom is -0.504 e. The van der Waals surface area contributed by atoms with Crippen molar-refractivity contribution >= 4 is 5.97 Å². The summed E-state index contributed by atoms with van der Waals surface area (Å²) in [5, 5.41) is 30.6. The lowest BCUT2D eigenvalue weighted by molar-refractivity contribution is 0.0697. The fourth-order valence-electron chi connectivity index (χ4n) is 3.46. The molecular formula is C25H18O4. The summed E-state index contributed by atoms with van der Waals surface area (Å²) in [6.07, 6.45) is 0. The average Bonchev–Trinajstić information content (AvgIpc) is 2.76. The Hall–Kier alpha value is -4.05. The topological polar surface area (TPSA) is 77.8 Å². The number of carbonyl (C=O) groups is 1. The van der Waals surface area contributed by atoms with Crippen LogP contribution in [0.1, 0.15) is 10.4 Å². The molecule has 0 unspecified atom stereocenters. The van der Waals surface area contributed by atoms with Crippen molar-refractivity contribution in [3.63, 3.8) is 0 Å². The number of carboxylic acids is 1. The Kier molecular flexibility index (Phi) is 4.75. The quantitative estimate of drug-likeness (QED) is 0.390. The number of benzene rings is 4. The third-order valence-corrected chi connectivity index (χ3v) is 4.87. The number of aromatic carboxylic acids is 1.